The van der Waals surface area contributed by atoms with Gasteiger partial charge in [-0.15, -0.1) is 0 Å². The summed E-state index contributed by atoms with van der Waals surface area (Å²) < 4.78 is 27.2. The van der Waals surface area contributed by atoms with E-state index < -0.39 is 23.0 Å². The fraction of sp³-hybridized carbons (Fsp3) is 0.500. The maximum Gasteiger partial charge on any atom is 0.168 e. The fourth-order valence-electron chi connectivity index (χ4n) is 1.80. The molecule has 1 aromatic carbocycles. The first-order chi connectivity index (χ1) is 8.57. The number of ketones is 1. The lowest BCUT2D eigenvalue weighted by Gasteiger charge is -2.05. The van der Waals surface area contributed by atoms with Crippen molar-refractivity contribution in [3.63, 3.8) is 0 Å². The predicted molar refractivity (Wildman–Crippen MR) is 71.8 cm³/mol. The molecule has 0 amide bonds. The van der Waals surface area contributed by atoms with Crippen molar-refractivity contribution in [2.45, 2.75) is 45.4 Å². The molecule has 0 saturated carbocycles. The molecule has 0 N–H and O–H groups in total. The molecule has 0 atom stereocenters. The van der Waals surface area contributed by atoms with E-state index in [0.29, 0.717) is 6.42 Å². The van der Waals surface area contributed by atoms with E-state index >= 15 is 0 Å². The average Bonchev–Trinajstić information content (AvgIpc) is 2.34. The van der Waals surface area contributed by atoms with Crippen molar-refractivity contribution in [3.05, 3.63) is 33.8 Å². The third-order valence-corrected chi connectivity index (χ3v) is 3.44. The van der Waals surface area contributed by atoms with E-state index in [1.807, 2.05) is 0 Å². The number of hydrogen-bond acceptors (Lipinski definition) is 1. The fourth-order valence-corrected chi connectivity index (χ4v) is 2.13. The minimum Gasteiger partial charge on any atom is -0.294 e. The van der Waals surface area contributed by atoms with Crippen molar-refractivity contribution in [3.8, 4) is 0 Å². The Morgan fingerprint density at radius 1 is 1.17 bits per heavy atom. The van der Waals surface area contributed by atoms with Gasteiger partial charge in [0.25, 0.3) is 0 Å². The van der Waals surface area contributed by atoms with Gasteiger partial charge in [-0.3, -0.25) is 4.79 Å². The number of unbranched alkanes of at least 4 members (excludes halogenated alkanes) is 4. The van der Waals surface area contributed by atoms with E-state index in [0.717, 1.165) is 31.7 Å². The molecule has 0 fully saturated rings. The number of carbonyl (C=O) groups excluding carboxylic acids is 1. The second-order valence-electron chi connectivity index (χ2n) is 4.31. The summed E-state index contributed by atoms with van der Waals surface area (Å²) in [7, 11) is 0. The number of rotatable bonds is 7. The molecule has 0 bridgehead atoms. The SMILES string of the molecule is CCCCCCCC(=O)c1c(F)ccc(Br)c1F. The van der Waals surface area contributed by atoms with Gasteiger partial charge in [-0.2, -0.15) is 0 Å². The van der Waals surface area contributed by atoms with E-state index in [1.165, 1.54) is 6.07 Å². The molecule has 0 radical (unpaired) electrons. The molecule has 0 aliphatic carbocycles. The average molecular weight is 319 g/mol. The topological polar surface area (TPSA) is 17.1 Å². The number of carbonyl (C=O) groups is 1. The normalized spacial score (nSPS) is 10.7. The van der Waals surface area contributed by atoms with Gasteiger partial charge in [0.2, 0.25) is 0 Å². The van der Waals surface area contributed by atoms with E-state index in [4.69, 9.17) is 0 Å². The molecule has 18 heavy (non-hydrogen) atoms. The molecule has 0 heterocycles. The van der Waals surface area contributed by atoms with Crippen LogP contribution in [0, 0.1) is 11.6 Å². The highest BCUT2D eigenvalue weighted by atomic mass is 79.9. The smallest absolute Gasteiger partial charge is 0.168 e. The van der Waals surface area contributed by atoms with Gasteiger partial charge in [-0.1, -0.05) is 32.6 Å². The first kappa shape index (κ1) is 15.3. The molecule has 100 valence electrons. The molecule has 1 rings (SSSR count). The van der Waals surface area contributed by atoms with Crippen molar-refractivity contribution in [1.29, 1.82) is 0 Å². The van der Waals surface area contributed by atoms with E-state index in [-0.39, 0.29) is 10.9 Å². The summed E-state index contributed by atoms with van der Waals surface area (Å²) in [6.45, 7) is 2.11. The second-order valence-corrected chi connectivity index (χ2v) is 5.16. The molecular formula is C14H17BrF2O. The van der Waals surface area contributed by atoms with Crippen LogP contribution >= 0.6 is 15.9 Å². The van der Waals surface area contributed by atoms with Crippen LogP contribution < -0.4 is 0 Å². The Labute approximate surface area is 115 Å². The van der Waals surface area contributed by atoms with Crippen LogP contribution in [0.4, 0.5) is 8.78 Å². The Kier molecular flexibility index (Phi) is 6.47. The molecule has 0 aromatic heterocycles. The highest BCUT2D eigenvalue weighted by Gasteiger charge is 2.18. The predicted octanol–water partition coefficient (Wildman–Crippen LogP) is 5.27. The molecule has 0 spiro atoms. The second kappa shape index (κ2) is 7.62. The number of hydrogen-bond donors (Lipinski definition) is 0. The summed E-state index contributed by atoms with van der Waals surface area (Å²) in [5.74, 6) is -2.04. The van der Waals surface area contributed by atoms with Gasteiger partial charge in [0, 0.05) is 6.42 Å². The van der Waals surface area contributed by atoms with Crippen LogP contribution in [-0.4, -0.2) is 5.78 Å². The molecule has 1 nitrogen and oxygen atoms in total. The summed E-state index contributed by atoms with van der Waals surface area (Å²) in [5.41, 5.74) is -0.417. The number of halogens is 3. The molecule has 4 heteroatoms. The molecular weight excluding hydrogens is 302 g/mol. The van der Waals surface area contributed by atoms with E-state index in [9.17, 15) is 13.6 Å². The minimum absolute atomic E-state index is 0.123. The van der Waals surface area contributed by atoms with Gasteiger partial charge in [-0.25, -0.2) is 8.78 Å². The summed E-state index contributed by atoms with van der Waals surface area (Å²) in [6, 6.07) is 2.38. The molecule has 1 aromatic rings. The van der Waals surface area contributed by atoms with Crippen LogP contribution in [0.25, 0.3) is 0 Å². The summed E-state index contributed by atoms with van der Waals surface area (Å²) >= 11 is 2.96. The Morgan fingerprint density at radius 2 is 1.83 bits per heavy atom. The molecule has 0 unspecified atom stereocenters. The van der Waals surface area contributed by atoms with Gasteiger partial charge in [0.1, 0.15) is 5.82 Å². The summed E-state index contributed by atoms with van der Waals surface area (Å²) in [4.78, 5) is 11.8. The lowest BCUT2D eigenvalue weighted by molar-refractivity contribution is 0.0970. The van der Waals surface area contributed by atoms with Crippen molar-refractivity contribution in [2.24, 2.45) is 0 Å². The van der Waals surface area contributed by atoms with E-state index in [2.05, 4.69) is 22.9 Å². The van der Waals surface area contributed by atoms with Gasteiger partial charge >= 0.3 is 0 Å². The van der Waals surface area contributed by atoms with Crippen molar-refractivity contribution in [2.75, 3.05) is 0 Å². The van der Waals surface area contributed by atoms with Crippen molar-refractivity contribution >= 4 is 21.7 Å². The molecule has 0 aliphatic rings. The first-order valence-corrected chi connectivity index (χ1v) is 7.04. The standard InChI is InChI=1S/C14H17BrF2O/c1-2-3-4-5-6-7-12(18)13-11(16)9-8-10(15)14(13)17/h8-9H,2-7H2,1H3. The lowest BCUT2D eigenvalue weighted by Crippen LogP contribution is -2.06. The Morgan fingerprint density at radius 3 is 2.50 bits per heavy atom. The van der Waals surface area contributed by atoms with Gasteiger partial charge in [-0.05, 0) is 34.5 Å². The minimum atomic E-state index is -0.798. The first-order valence-electron chi connectivity index (χ1n) is 6.24. The van der Waals surface area contributed by atoms with Crippen LogP contribution in [0.3, 0.4) is 0 Å². The Balaban J connectivity index is 2.59. The van der Waals surface area contributed by atoms with Crippen molar-refractivity contribution < 1.29 is 13.6 Å². The van der Waals surface area contributed by atoms with Gasteiger partial charge < -0.3 is 0 Å². The van der Waals surface area contributed by atoms with Crippen LogP contribution in [0.15, 0.2) is 16.6 Å². The zero-order chi connectivity index (χ0) is 13.5. The van der Waals surface area contributed by atoms with Gasteiger partial charge in [0.05, 0.1) is 10.0 Å². The molecule has 0 saturated heterocycles. The zero-order valence-electron chi connectivity index (χ0n) is 10.4. The van der Waals surface area contributed by atoms with Crippen LogP contribution in [0.2, 0.25) is 0 Å². The quantitative estimate of drug-likeness (QED) is 0.380. The monoisotopic (exact) mass is 318 g/mol. The zero-order valence-corrected chi connectivity index (χ0v) is 12.0. The molecule has 0 aliphatic heterocycles. The highest BCUT2D eigenvalue weighted by molar-refractivity contribution is 9.10. The number of Topliss-reactive ketones (excluding diaryl/α,β-unsaturated/α-hetero) is 1. The highest BCUT2D eigenvalue weighted by Crippen LogP contribution is 2.23. The van der Waals surface area contributed by atoms with Crippen molar-refractivity contribution in [1.82, 2.24) is 0 Å². The van der Waals surface area contributed by atoms with E-state index in [1.54, 1.807) is 0 Å². The maximum atomic E-state index is 13.6. The van der Waals surface area contributed by atoms with Crippen LogP contribution in [0.5, 0.6) is 0 Å². The van der Waals surface area contributed by atoms with Crippen LogP contribution in [0.1, 0.15) is 55.8 Å². The summed E-state index contributed by atoms with van der Waals surface area (Å²) in [5, 5.41) is 0. The van der Waals surface area contributed by atoms with Gasteiger partial charge in [0.15, 0.2) is 11.6 Å². The summed E-state index contributed by atoms with van der Waals surface area (Å²) in [6.07, 6.45) is 5.14. The largest absolute Gasteiger partial charge is 0.294 e. The maximum absolute atomic E-state index is 13.6. The Hall–Kier alpha value is -0.770. The third kappa shape index (κ3) is 4.16. The third-order valence-electron chi connectivity index (χ3n) is 2.83. The number of benzene rings is 1. The van der Waals surface area contributed by atoms with Crippen LogP contribution in [-0.2, 0) is 0 Å². The lowest BCUT2D eigenvalue weighted by atomic mass is 10.0. The Bertz CT molecular complexity index is 419.